The van der Waals surface area contributed by atoms with Gasteiger partial charge in [-0.25, -0.2) is 4.79 Å². The predicted octanol–water partition coefficient (Wildman–Crippen LogP) is 4.88. The van der Waals surface area contributed by atoms with Crippen LogP contribution in [0.15, 0.2) is 53.7 Å². The number of para-hydroxylation sites is 2. The molecule has 0 radical (unpaired) electrons. The second-order valence-electron chi connectivity index (χ2n) is 7.27. The fourth-order valence-electron chi connectivity index (χ4n) is 3.32. The molecule has 1 aromatic heterocycles. The molecule has 1 aliphatic heterocycles. The molecule has 1 aliphatic rings. The highest BCUT2D eigenvalue weighted by Crippen LogP contribution is 2.41. The Kier molecular flexibility index (Phi) is 7.62. The monoisotopic (exact) mass is 466 g/mol. The van der Waals surface area contributed by atoms with Crippen molar-refractivity contribution in [3.05, 3.63) is 54.1 Å². The lowest BCUT2D eigenvalue weighted by Crippen LogP contribution is -2.20. The largest absolute Gasteiger partial charge is 0.481 e. The number of hydrogen-bond acceptors (Lipinski definition) is 9. The highest BCUT2D eigenvalue weighted by Gasteiger charge is 2.28. The molecule has 2 heterocycles. The van der Waals surface area contributed by atoms with Crippen molar-refractivity contribution >= 4 is 23.4 Å². The average Bonchev–Trinajstić information content (AvgIpc) is 3.00. The number of benzene rings is 2. The van der Waals surface area contributed by atoms with E-state index in [4.69, 9.17) is 14.2 Å². The summed E-state index contributed by atoms with van der Waals surface area (Å²) in [6.07, 6.45) is 1.56. The maximum absolute atomic E-state index is 11.8. The van der Waals surface area contributed by atoms with Gasteiger partial charge in [-0.05, 0) is 31.5 Å². The van der Waals surface area contributed by atoms with Crippen LogP contribution < -0.4 is 14.8 Å². The minimum Gasteiger partial charge on any atom is -0.481 e. The van der Waals surface area contributed by atoms with Crippen LogP contribution in [0.5, 0.6) is 11.6 Å². The summed E-state index contributed by atoms with van der Waals surface area (Å²) in [6, 6.07) is 15.2. The number of nitrogens with one attached hydrogen (secondary N) is 1. The van der Waals surface area contributed by atoms with Crippen LogP contribution in [-0.4, -0.2) is 40.1 Å². The molecule has 0 saturated heterocycles. The SMILES string of the molecule is CCCCSc1nnc2c(n1)OC(c1ccccc1OCC(=O)OCC)Nc1ccccc1-2. The lowest BCUT2D eigenvalue weighted by atomic mass is 10.1. The van der Waals surface area contributed by atoms with E-state index >= 15 is 0 Å². The number of ether oxygens (including phenoxy) is 3. The van der Waals surface area contributed by atoms with Gasteiger partial charge in [0.25, 0.3) is 0 Å². The van der Waals surface area contributed by atoms with Crippen molar-refractivity contribution in [2.75, 3.05) is 24.3 Å². The molecule has 1 unspecified atom stereocenters. The van der Waals surface area contributed by atoms with Crippen molar-refractivity contribution in [1.29, 1.82) is 0 Å². The molecule has 4 rings (SSSR count). The van der Waals surface area contributed by atoms with Crippen LogP contribution in [0.4, 0.5) is 5.69 Å². The Bertz CT molecular complexity index is 1110. The van der Waals surface area contributed by atoms with Gasteiger partial charge in [0.1, 0.15) is 5.75 Å². The van der Waals surface area contributed by atoms with Gasteiger partial charge in [-0.3, -0.25) is 0 Å². The van der Waals surface area contributed by atoms with Gasteiger partial charge in [0.05, 0.1) is 12.2 Å². The number of nitrogens with zero attached hydrogens (tertiary/aromatic N) is 3. The summed E-state index contributed by atoms with van der Waals surface area (Å²) in [5, 5.41) is 12.7. The number of carbonyl (C=O) groups is 1. The summed E-state index contributed by atoms with van der Waals surface area (Å²) < 4.78 is 17.1. The number of unbranched alkanes of at least 4 members (excludes halogenated alkanes) is 1. The standard InChI is InChI=1S/C24H26N4O4S/c1-3-5-14-33-24-26-23-21(27-28-24)16-10-6-8-12-18(16)25-22(32-23)17-11-7-9-13-19(17)31-15-20(29)30-4-2/h6-13,22,25H,3-5,14-15H2,1-2H3. The van der Waals surface area contributed by atoms with Gasteiger partial charge in [-0.2, -0.15) is 4.98 Å². The van der Waals surface area contributed by atoms with Crippen LogP contribution in [0, 0.1) is 0 Å². The van der Waals surface area contributed by atoms with E-state index in [0.717, 1.165) is 35.4 Å². The zero-order chi connectivity index (χ0) is 23.0. The minimum absolute atomic E-state index is 0.188. The number of hydrogen-bond donors (Lipinski definition) is 1. The van der Waals surface area contributed by atoms with Crippen LogP contribution in [0.2, 0.25) is 0 Å². The summed E-state index contributed by atoms with van der Waals surface area (Å²) in [6.45, 7) is 4.02. The minimum atomic E-state index is -0.615. The number of thioether (sulfide) groups is 1. The fourth-order valence-corrected chi connectivity index (χ4v) is 4.19. The van der Waals surface area contributed by atoms with Crippen LogP contribution in [0.1, 0.15) is 38.5 Å². The van der Waals surface area contributed by atoms with E-state index in [9.17, 15) is 4.79 Å². The van der Waals surface area contributed by atoms with E-state index in [2.05, 4.69) is 27.4 Å². The van der Waals surface area contributed by atoms with Gasteiger partial charge < -0.3 is 19.5 Å². The summed E-state index contributed by atoms with van der Waals surface area (Å²) in [4.78, 5) is 16.5. The molecule has 2 aromatic carbocycles. The van der Waals surface area contributed by atoms with Crippen LogP contribution in [-0.2, 0) is 9.53 Å². The maximum atomic E-state index is 11.8. The third-order valence-corrected chi connectivity index (χ3v) is 5.84. The highest BCUT2D eigenvalue weighted by atomic mass is 32.2. The number of anilines is 1. The lowest BCUT2D eigenvalue weighted by molar-refractivity contribution is -0.145. The molecule has 172 valence electrons. The van der Waals surface area contributed by atoms with Crippen molar-refractivity contribution in [3.8, 4) is 22.9 Å². The quantitative estimate of drug-likeness (QED) is 0.269. The molecular formula is C24H26N4O4S. The van der Waals surface area contributed by atoms with E-state index in [0.29, 0.717) is 29.1 Å². The van der Waals surface area contributed by atoms with Gasteiger partial charge in [0.15, 0.2) is 12.3 Å². The average molecular weight is 467 g/mol. The Morgan fingerprint density at radius 2 is 1.94 bits per heavy atom. The van der Waals surface area contributed by atoms with Gasteiger partial charge in [-0.1, -0.05) is 55.4 Å². The molecule has 33 heavy (non-hydrogen) atoms. The van der Waals surface area contributed by atoms with Gasteiger partial charge in [0, 0.05) is 17.0 Å². The van der Waals surface area contributed by atoms with Gasteiger partial charge in [-0.15, -0.1) is 10.2 Å². The summed E-state index contributed by atoms with van der Waals surface area (Å²) in [7, 11) is 0. The summed E-state index contributed by atoms with van der Waals surface area (Å²) in [5.74, 6) is 1.40. The molecule has 0 fully saturated rings. The molecule has 1 N–H and O–H groups in total. The van der Waals surface area contributed by atoms with E-state index < -0.39 is 12.2 Å². The Labute approximate surface area is 197 Å². The highest BCUT2D eigenvalue weighted by molar-refractivity contribution is 7.99. The van der Waals surface area contributed by atoms with E-state index in [-0.39, 0.29) is 6.61 Å². The molecule has 9 heteroatoms. The molecule has 3 aromatic rings. The Morgan fingerprint density at radius 3 is 2.79 bits per heavy atom. The van der Waals surface area contributed by atoms with Crippen molar-refractivity contribution in [2.24, 2.45) is 0 Å². The summed E-state index contributed by atoms with van der Waals surface area (Å²) in [5.41, 5.74) is 2.99. The Morgan fingerprint density at radius 1 is 1.12 bits per heavy atom. The third-order valence-electron chi connectivity index (χ3n) is 4.91. The molecular weight excluding hydrogens is 440 g/mol. The number of esters is 1. The first-order valence-corrected chi connectivity index (χ1v) is 12.0. The molecule has 0 bridgehead atoms. The predicted molar refractivity (Wildman–Crippen MR) is 126 cm³/mol. The van der Waals surface area contributed by atoms with Crippen molar-refractivity contribution in [1.82, 2.24) is 15.2 Å². The van der Waals surface area contributed by atoms with Crippen molar-refractivity contribution < 1.29 is 19.0 Å². The number of aromatic nitrogens is 3. The topological polar surface area (TPSA) is 95.5 Å². The second-order valence-corrected chi connectivity index (χ2v) is 8.33. The normalized spacial score (nSPS) is 14.2. The third kappa shape index (κ3) is 5.54. The summed E-state index contributed by atoms with van der Waals surface area (Å²) >= 11 is 1.56. The number of fused-ring (bicyclic) bond motifs is 3. The van der Waals surface area contributed by atoms with E-state index in [1.54, 1.807) is 24.8 Å². The first kappa shape index (κ1) is 22.8. The fraction of sp³-hybridized carbons (Fsp3) is 0.333. The zero-order valence-corrected chi connectivity index (χ0v) is 19.4. The zero-order valence-electron chi connectivity index (χ0n) is 18.6. The van der Waals surface area contributed by atoms with Crippen LogP contribution >= 0.6 is 11.8 Å². The molecule has 0 spiro atoms. The van der Waals surface area contributed by atoms with Crippen LogP contribution in [0.25, 0.3) is 11.3 Å². The van der Waals surface area contributed by atoms with Crippen LogP contribution in [0.3, 0.4) is 0 Å². The molecule has 8 nitrogen and oxygen atoms in total. The first-order valence-electron chi connectivity index (χ1n) is 11.0. The second kappa shape index (κ2) is 11.0. The molecule has 0 aliphatic carbocycles. The van der Waals surface area contributed by atoms with Crippen molar-refractivity contribution in [2.45, 2.75) is 38.1 Å². The van der Waals surface area contributed by atoms with Gasteiger partial charge in [0.2, 0.25) is 17.3 Å². The maximum Gasteiger partial charge on any atom is 0.344 e. The molecule has 1 atom stereocenters. The first-order chi connectivity index (χ1) is 16.2. The van der Waals surface area contributed by atoms with Crippen molar-refractivity contribution in [3.63, 3.8) is 0 Å². The number of rotatable bonds is 9. The lowest BCUT2D eigenvalue weighted by Gasteiger charge is -2.21. The van der Waals surface area contributed by atoms with E-state index in [1.165, 1.54) is 0 Å². The molecule has 0 saturated carbocycles. The Hall–Kier alpha value is -3.33. The smallest absolute Gasteiger partial charge is 0.344 e. The number of carbonyl (C=O) groups excluding carboxylic acids is 1. The van der Waals surface area contributed by atoms with Gasteiger partial charge >= 0.3 is 5.97 Å². The van der Waals surface area contributed by atoms with E-state index in [1.807, 2.05) is 42.5 Å². The molecule has 0 amide bonds. The Balaban J connectivity index is 1.67.